The second-order valence-electron chi connectivity index (χ2n) is 16.4. The molecule has 0 aromatic heterocycles. The first-order valence-electron chi connectivity index (χ1n) is 21.7. The fourth-order valence-electron chi connectivity index (χ4n) is 9.84. The molecular weight excluding hydrogens is 759 g/mol. The number of anilines is 3. The summed E-state index contributed by atoms with van der Waals surface area (Å²) in [4.78, 5) is 2.39. The van der Waals surface area contributed by atoms with Gasteiger partial charge in [-0.2, -0.15) is 0 Å². The predicted octanol–water partition coefficient (Wildman–Crippen LogP) is 17.6. The Kier molecular flexibility index (Phi) is 8.90. The van der Waals surface area contributed by atoms with Gasteiger partial charge in [0, 0.05) is 17.1 Å². The number of nitrogens with zero attached hydrogens (tertiary/aromatic N) is 1. The van der Waals surface area contributed by atoms with Crippen LogP contribution in [0.25, 0.3) is 98.4 Å². The summed E-state index contributed by atoms with van der Waals surface area (Å²) in [5, 5.41) is 12.5. The average molecular weight is 800 g/mol. The summed E-state index contributed by atoms with van der Waals surface area (Å²) in [5.41, 5.74) is 13.1. The third-order valence-corrected chi connectivity index (χ3v) is 12.8. The van der Waals surface area contributed by atoms with Crippen LogP contribution in [0, 0.1) is 0 Å². The van der Waals surface area contributed by atoms with Gasteiger partial charge in [-0.05, 0) is 141 Å². The lowest BCUT2D eigenvalue weighted by Crippen LogP contribution is -2.09. The van der Waals surface area contributed by atoms with E-state index in [1.165, 1.54) is 98.4 Å². The molecule has 12 aromatic rings. The molecule has 12 rings (SSSR count). The van der Waals surface area contributed by atoms with Crippen LogP contribution < -0.4 is 4.90 Å². The van der Waals surface area contributed by atoms with Gasteiger partial charge in [0.25, 0.3) is 0 Å². The molecular formula is C62H41N. The molecule has 0 amide bonds. The molecule has 294 valence electrons. The van der Waals surface area contributed by atoms with Crippen LogP contribution in [0.15, 0.2) is 249 Å². The van der Waals surface area contributed by atoms with Crippen molar-refractivity contribution < 1.29 is 0 Å². The summed E-state index contributed by atoms with van der Waals surface area (Å²) >= 11 is 0. The Morgan fingerprint density at radius 2 is 0.667 bits per heavy atom. The Morgan fingerprint density at radius 1 is 0.206 bits per heavy atom. The van der Waals surface area contributed by atoms with E-state index < -0.39 is 0 Å². The van der Waals surface area contributed by atoms with Crippen molar-refractivity contribution in [2.45, 2.75) is 0 Å². The molecule has 63 heavy (non-hydrogen) atoms. The van der Waals surface area contributed by atoms with Crippen LogP contribution in [0.5, 0.6) is 0 Å². The van der Waals surface area contributed by atoms with Crippen LogP contribution in [0.1, 0.15) is 0 Å². The van der Waals surface area contributed by atoms with E-state index >= 15 is 0 Å². The topological polar surface area (TPSA) is 3.24 Å². The van der Waals surface area contributed by atoms with Crippen molar-refractivity contribution in [3.63, 3.8) is 0 Å². The van der Waals surface area contributed by atoms with Crippen LogP contribution in [0.4, 0.5) is 17.1 Å². The first-order chi connectivity index (χ1) is 31.2. The van der Waals surface area contributed by atoms with Gasteiger partial charge < -0.3 is 4.90 Å². The Hall–Kier alpha value is -8.26. The number of hydrogen-bond acceptors (Lipinski definition) is 1. The van der Waals surface area contributed by atoms with E-state index in [0.717, 1.165) is 17.1 Å². The Bertz CT molecular complexity index is 3640. The lowest BCUT2D eigenvalue weighted by molar-refractivity contribution is 1.29. The Labute approximate surface area is 367 Å². The highest BCUT2D eigenvalue weighted by atomic mass is 15.1. The number of hydrogen-bond donors (Lipinski definition) is 0. The first kappa shape index (κ1) is 36.6. The predicted molar refractivity (Wildman–Crippen MR) is 270 cm³/mol. The van der Waals surface area contributed by atoms with Crippen LogP contribution >= 0.6 is 0 Å². The van der Waals surface area contributed by atoms with Gasteiger partial charge in [-0.25, -0.2) is 0 Å². The van der Waals surface area contributed by atoms with Gasteiger partial charge in [0.1, 0.15) is 0 Å². The molecule has 0 bridgehead atoms. The molecule has 0 unspecified atom stereocenters. The summed E-state index contributed by atoms with van der Waals surface area (Å²) in [6.07, 6.45) is 0. The highest BCUT2D eigenvalue weighted by Gasteiger charge is 2.19. The van der Waals surface area contributed by atoms with Crippen molar-refractivity contribution in [2.24, 2.45) is 0 Å². The van der Waals surface area contributed by atoms with Crippen molar-refractivity contribution >= 4 is 70.9 Å². The van der Waals surface area contributed by atoms with E-state index in [-0.39, 0.29) is 0 Å². The van der Waals surface area contributed by atoms with Gasteiger partial charge in [-0.15, -0.1) is 0 Å². The first-order valence-corrected chi connectivity index (χ1v) is 21.7. The van der Waals surface area contributed by atoms with Crippen molar-refractivity contribution in [1.82, 2.24) is 0 Å². The summed E-state index contributed by atoms with van der Waals surface area (Å²) in [6, 6.07) is 91.0. The third-order valence-electron chi connectivity index (χ3n) is 12.8. The summed E-state index contributed by atoms with van der Waals surface area (Å²) < 4.78 is 0. The summed E-state index contributed by atoms with van der Waals surface area (Å²) in [6.45, 7) is 0. The second-order valence-corrected chi connectivity index (χ2v) is 16.4. The lowest BCUT2D eigenvalue weighted by atomic mass is 9.84. The molecule has 0 saturated carbocycles. The van der Waals surface area contributed by atoms with Crippen molar-refractivity contribution in [3.05, 3.63) is 249 Å². The monoisotopic (exact) mass is 799 g/mol. The number of rotatable bonds is 7. The van der Waals surface area contributed by atoms with Crippen molar-refractivity contribution in [2.75, 3.05) is 4.90 Å². The maximum Gasteiger partial charge on any atom is 0.0468 e. The van der Waals surface area contributed by atoms with Gasteiger partial charge in [0.05, 0.1) is 0 Å². The molecule has 0 N–H and O–H groups in total. The van der Waals surface area contributed by atoms with Crippen LogP contribution in [-0.2, 0) is 0 Å². The average Bonchev–Trinajstić information content (AvgIpc) is 3.36. The highest BCUT2D eigenvalue weighted by molar-refractivity contribution is 6.22. The highest BCUT2D eigenvalue weighted by Crippen LogP contribution is 2.46. The van der Waals surface area contributed by atoms with Gasteiger partial charge >= 0.3 is 0 Å². The smallest absolute Gasteiger partial charge is 0.0468 e. The van der Waals surface area contributed by atoms with Gasteiger partial charge in [0.15, 0.2) is 0 Å². The normalized spacial score (nSPS) is 11.5. The fraction of sp³-hybridized carbons (Fsp3) is 0. The van der Waals surface area contributed by atoms with Crippen molar-refractivity contribution in [3.8, 4) is 44.5 Å². The van der Waals surface area contributed by atoms with E-state index in [1.807, 2.05) is 0 Å². The van der Waals surface area contributed by atoms with E-state index in [0.29, 0.717) is 0 Å². The zero-order valence-electron chi connectivity index (χ0n) is 34.6. The maximum absolute atomic E-state index is 2.41. The molecule has 1 heteroatoms. The molecule has 12 aromatic carbocycles. The standard InChI is InChI=1S/C62H41N/c1-3-16-46(17-4-1)61-59-24-12-11-23-57(59)58-38-32-48(41-60(58)62(61)47-18-5-2-6-19-47)42-28-33-50(34-29-42)63(52-37-39-56-49(40-52)27-26-44-15-8-10-22-54(44)56)51-35-30-45(31-36-51)55-25-13-20-43-14-7-9-21-53(43)55/h1-41H. The largest absolute Gasteiger partial charge is 0.310 e. The Morgan fingerprint density at radius 3 is 1.37 bits per heavy atom. The lowest BCUT2D eigenvalue weighted by Gasteiger charge is -2.26. The van der Waals surface area contributed by atoms with Crippen molar-refractivity contribution in [1.29, 1.82) is 0 Å². The van der Waals surface area contributed by atoms with Crippen LogP contribution in [0.3, 0.4) is 0 Å². The van der Waals surface area contributed by atoms with Gasteiger partial charge in [-0.3, -0.25) is 0 Å². The fourth-order valence-corrected chi connectivity index (χ4v) is 9.84. The zero-order chi connectivity index (χ0) is 41.7. The molecule has 0 aliphatic heterocycles. The van der Waals surface area contributed by atoms with E-state index in [9.17, 15) is 0 Å². The molecule has 0 spiro atoms. The van der Waals surface area contributed by atoms with E-state index in [4.69, 9.17) is 0 Å². The molecule has 0 radical (unpaired) electrons. The zero-order valence-corrected chi connectivity index (χ0v) is 34.6. The quantitative estimate of drug-likeness (QED) is 0.145. The maximum atomic E-state index is 2.41. The number of benzene rings is 12. The molecule has 0 aliphatic carbocycles. The third kappa shape index (κ3) is 6.42. The second kappa shape index (κ2) is 15.3. The molecule has 0 fully saturated rings. The van der Waals surface area contributed by atoms with Gasteiger partial charge in [0.2, 0.25) is 0 Å². The minimum absolute atomic E-state index is 1.10. The molecule has 0 aliphatic rings. The Balaban J connectivity index is 0.997. The SMILES string of the molecule is c1ccc(-c2c(-c3ccccc3)c3cc(-c4ccc(N(c5ccc(-c6cccc7ccccc67)cc5)c5ccc6c(ccc7ccccc76)c5)cc4)ccc3c3ccccc23)cc1. The number of fused-ring (bicyclic) bond motifs is 7. The van der Waals surface area contributed by atoms with E-state index in [1.54, 1.807) is 0 Å². The summed E-state index contributed by atoms with van der Waals surface area (Å²) in [7, 11) is 0. The minimum Gasteiger partial charge on any atom is -0.310 e. The van der Waals surface area contributed by atoms with E-state index in [2.05, 4.69) is 254 Å². The molecule has 0 heterocycles. The summed E-state index contributed by atoms with van der Waals surface area (Å²) in [5.74, 6) is 0. The molecule has 0 atom stereocenters. The van der Waals surface area contributed by atoms with Crippen LogP contribution in [0.2, 0.25) is 0 Å². The molecule has 1 nitrogen and oxygen atoms in total. The molecule has 0 saturated heterocycles. The minimum atomic E-state index is 1.10. The van der Waals surface area contributed by atoms with Crippen LogP contribution in [-0.4, -0.2) is 0 Å². The van der Waals surface area contributed by atoms with Gasteiger partial charge in [-0.1, -0.05) is 206 Å².